The Morgan fingerprint density at radius 2 is 1.89 bits per heavy atom. The fourth-order valence-electron chi connectivity index (χ4n) is 1.82. The molecule has 0 saturated heterocycles. The summed E-state index contributed by atoms with van der Waals surface area (Å²) in [5.41, 5.74) is 6.07. The van der Waals surface area contributed by atoms with Crippen LogP contribution in [0.3, 0.4) is 0 Å². The molecule has 2 nitrogen and oxygen atoms in total. The van der Waals surface area contributed by atoms with Crippen molar-refractivity contribution in [3.05, 3.63) is 28.2 Å². The first-order valence-electron chi connectivity index (χ1n) is 6.13. The summed E-state index contributed by atoms with van der Waals surface area (Å²) in [6.07, 6.45) is 0.735. The molecule has 1 rings (SSSR count). The quantitative estimate of drug-likeness (QED) is 0.884. The minimum absolute atomic E-state index is 0.0416. The zero-order valence-electron chi connectivity index (χ0n) is 11.3. The van der Waals surface area contributed by atoms with E-state index in [0.29, 0.717) is 15.8 Å². The van der Waals surface area contributed by atoms with Gasteiger partial charge in [-0.2, -0.15) is 0 Å². The topological polar surface area (TPSA) is 35.2 Å². The van der Waals surface area contributed by atoms with Crippen LogP contribution in [0.4, 0.5) is 0 Å². The molecule has 0 heterocycles. The van der Waals surface area contributed by atoms with Gasteiger partial charge in [-0.05, 0) is 18.6 Å². The van der Waals surface area contributed by atoms with E-state index in [0.717, 1.165) is 6.42 Å². The average Bonchev–Trinajstić information content (AvgIpc) is 2.27. The van der Waals surface area contributed by atoms with E-state index in [1.54, 1.807) is 18.2 Å². The van der Waals surface area contributed by atoms with E-state index in [-0.39, 0.29) is 17.6 Å². The maximum absolute atomic E-state index is 6.14. The molecule has 2 atom stereocenters. The number of hydrogen-bond acceptors (Lipinski definition) is 2. The number of benzene rings is 1. The van der Waals surface area contributed by atoms with E-state index in [2.05, 4.69) is 20.8 Å². The smallest absolute Gasteiger partial charge is 0.139 e. The SMILES string of the molecule is CCC(N)C(Oc1cc(Cl)ccc1Cl)C(C)(C)C. The highest BCUT2D eigenvalue weighted by Crippen LogP contribution is 2.33. The van der Waals surface area contributed by atoms with E-state index >= 15 is 0 Å². The third-order valence-electron chi connectivity index (χ3n) is 2.86. The summed E-state index contributed by atoms with van der Waals surface area (Å²) < 4.78 is 6.00. The van der Waals surface area contributed by atoms with E-state index in [1.165, 1.54) is 0 Å². The molecular weight excluding hydrogens is 269 g/mol. The number of rotatable bonds is 4. The Balaban J connectivity index is 3.00. The second-order valence-electron chi connectivity index (χ2n) is 5.55. The van der Waals surface area contributed by atoms with Crippen LogP contribution in [0.2, 0.25) is 10.0 Å². The van der Waals surface area contributed by atoms with Gasteiger partial charge >= 0.3 is 0 Å². The zero-order valence-corrected chi connectivity index (χ0v) is 12.8. The molecule has 1 aromatic rings. The molecule has 0 amide bonds. The lowest BCUT2D eigenvalue weighted by molar-refractivity contribution is 0.0623. The van der Waals surface area contributed by atoms with Crippen molar-refractivity contribution in [2.75, 3.05) is 0 Å². The molecule has 0 saturated carbocycles. The predicted molar refractivity (Wildman–Crippen MR) is 78.6 cm³/mol. The van der Waals surface area contributed by atoms with Gasteiger partial charge in [0, 0.05) is 22.5 Å². The summed E-state index contributed by atoms with van der Waals surface area (Å²) >= 11 is 12.1. The Morgan fingerprint density at radius 1 is 1.28 bits per heavy atom. The lowest BCUT2D eigenvalue weighted by Crippen LogP contribution is -2.47. The van der Waals surface area contributed by atoms with Crippen LogP contribution >= 0.6 is 23.2 Å². The molecule has 0 spiro atoms. The largest absolute Gasteiger partial charge is 0.487 e. The third-order valence-corrected chi connectivity index (χ3v) is 3.41. The van der Waals surface area contributed by atoms with Crippen LogP contribution in [0.25, 0.3) is 0 Å². The molecular formula is C14H21Cl2NO. The molecule has 0 aliphatic rings. The molecule has 0 aliphatic carbocycles. The second-order valence-corrected chi connectivity index (χ2v) is 6.39. The minimum atomic E-state index is -0.113. The van der Waals surface area contributed by atoms with Crippen LogP contribution in [0.15, 0.2) is 18.2 Å². The predicted octanol–water partition coefficient (Wildman–Crippen LogP) is 4.52. The Morgan fingerprint density at radius 3 is 2.39 bits per heavy atom. The van der Waals surface area contributed by atoms with Crippen LogP contribution in [0.5, 0.6) is 5.75 Å². The zero-order chi connectivity index (χ0) is 13.9. The van der Waals surface area contributed by atoms with Crippen molar-refractivity contribution in [1.82, 2.24) is 0 Å². The monoisotopic (exact) mass is 289 g/mol. The molecule has 0 aliphatic heterocycles. The maximum Gasteiger partial charge on any atom is 0.139 e. The van der Waals surface area contributed by atoms with Gasteiger partial charge < -0.3 is 10.5 Å². The first-order valence-corrected chi connectivity index (χ1v) is 6.88. The van der Waals surface area contributed by atoms with E-state index < -0.39 is 0 Å². The molecule has 0 bridgehead atoms. The molecule has 0 fully saturated rings. The van der Waals surface area contributed by atoms with E-state index in [1.807, 2.05) is 6.92 Å². The molecule has 18 heavy (non-hydrogen) atoms. The van der Waals surface area contributed by atoms with Gasteiger partial charge in [0.1, 0.15) is 11.9 Å². The van der Waals surface area contributed by atoms with Crippen molar-refractivity contribution >= 4 is 23.2 Å². The van der Waals surface area contributed by atoms with Crippen LogP contribution in [0, 0.1) is 5.41 Å². The maximum atomic E-state index is 6.14. The molecule has 1 aromatic carbocycles. The van der Waals surface area contributed by atoms with Crippen molar-refractivity contribution < 1.29 is 4.74 Å². The minimum Gasteiger partial charge on any atom is -0.487 e. The number of hydrogen-bond donors (Lipinski definition) is 1. The summed E-state index contributed by atoms with van der Waals surface area (Å²) in [5, 5.41) is 1.16. The Labute approximate surface area is 119 Å². The van der Waals surface area contributed by atoms with Gasteiger partial charge in [-0.25, -0.2) is 0 Å². The lowest BCUT2D eigenvalue weighted by atomic mass is 9.84. The van der Waals surface area contributed by atoms with Crippen LogP contribution in [-0.2, 0) is 0 Å². The van der Waals surface area contributed by atoms with Crippen molar-refractivity contribution in [3.8, 4) is 5.75 Å². The van der Waals surface area contributed by atoms with Gasteiger partial charge in [0.15, 0.2) is 0 Å². The summed E-state index contributed by atoms with van der Waals surface area (Å²) in [4.78, 5) is 0. The molecule has 102 valence electrons. The van der Waals surface area contributed by atoms with Gasteiger partial charge in [0.25, 0.3) is 0 Å². The fourth-order valence-corrected chi connectivity index (χ4v) is 2.15. The highest BCUT2D eigenvalue weighted by molar-refractivity contribution is 6.34. The summed E-state index contributed by atoms with van der Waals surface area (Å²) in [6.45, 7) is 8.36. The molecule has 2 unspecified atom stereocenters. The first kappa shape index (κ1) is 15.6. The van der Waals surface area contributed by atoms with Crippen molar-refractivity contribution in [3.63, 3.8) is 0 Å². The molecule has 0 radical (unpaired) electrons. The van der Waals surface area contributed by atoms with Crippen LogP contribution in [0.1, 0.15) is 34.1 Å². The second kappa shape index (κ2) is 6.14. The van der Waals surface area contributed by atoms with Gasteiger partial charge in [-0.3, -0.25) is 0 Å². The van der Waals surface area contributed by atoms with Crippen LogP contribution < -0.4 is 10.5 Å². The van der Waals surface area contributed by atoms with Crippen molar-refractivity contribution in [2.24, 2.45) is 11.1 Å². The number of halogens is 2. The highest BCUT2D eigenvalue weighted by atomic mass is 35.5. The Kier molecular flexibility index (Phi) is 5.32. The Hall–Kier alpha value is -0.440. The molecule has 2 N–H and O–H groups in total. The third kappa shape index (κ3) is 4.04. The van der Waals surface area contributed by atoms with Crippen molar-refractivity contribution in [1.29, 1.82) is 0 Å². The van der Waals surface area contributed by atoms with E-state index in [9.17, 15) is 0 Å². The summed E-state index contributed by atoms with van der Waals surface area (Å²) in [6, 6.07) is 5.16. The van der Waals surface area contributed by atoms with Gasteiger partial charge in [0.2, 0.25) is 0 Å². The Bertz CT molecular complexity index is 401. The highest BCUT2D eigenvalue weighted by Gasteiger charge is 2.31. The van der Waals surface area contributed by atoms with Gasteiger partial charge in [-0.1, -0.05) is 50.9 Å². The summed E-state index contributed by atoms with van der Waals surface area (Å²) in [5.74, 6) is 0.591. The number of nitrogens with two attached hydrogens (primary N) is 1. The van der Waals surface area contributed by atoms with E-state index in [4.69, 9.17) is 33.7 Å². The van der Waals surface area contributed by atoms with Gasteiger partial charge in [-0.15, -0.1) is 0 Å². The first-order chi connectivity index (χ1) is 8.25. The van der Waals surface area contributed by atoms with Crippen molar-refractivity contribution in [2.45, 2.75) is 46.3 Å². The molecule has 0 aromatic heterocycles. The van der Waals surface area contributed by atoms with Gasteiger partial charge in [0.05, 0.1) is 5.02 Å². The number of ether oxygens (including phenoxy) is 1. The lowest BCUT2D eigenvalue weighted by Gasteiger charge is -2.35. The summed E-state index contributed by atoms with van der Waals surface area (Å²) in [7, 11) is 0. The molecule has 4 heteroatoms. The average molecular weight is 290 g/mol. The standard InChI is InChI=1S/C14H21Cl2NO/c1-5-11(17)13(14(2,3)4)18-12-8-9(15)6-7-10(12)16/h6-8,11,13H,5,17H2,1-4H3. The normalized spacial score (nSPS) is 15.3. The van der Waals surface area contributed by atoms with Crippen LogP contribution in [-0.4, -0.2) is 12.1 Å². The fraction of sp³-hybridized carbons (Fsp3) is 0.571.